The van der Waals surface area contributed by atoms with Crippen LogP contribution < -0.4 is 10.6 Å². The smallest absolute Gasteiger partial charge is 0.235 e. The van der Waals surface area contributed by atoms with Crippen molar-refractivity contribution in [1.29, 1.82) is 0 Å². The van der Waals surface area contributed by atoms with Crippen LogP contribution in [-0.2, 0) is 16.6 Å². The number of amides is 1. The summed E-state index contributed by atoms with van der Waals surface area (Å²) in [5, 5.41) is 6.91. The first-order valence-corrected chi connectivity index (χ1v) is 10.6. The molecule has 1 atom stereocenters. The Hall–Kier alpha value is -2.29. The van der Waals surface area contributed by atoms with Gasteiger partial charge in [0.05, 0.1) is 5.41 Å². The second-order valence-corrected chi connectivity index (χ2v) is 9.60. The molecule has 0 aromatic heterocycles. The minimum Gasteiger partial charge on any atom is -0.381 e. The zero-order chi connectivity index (χ0) is 19.8. The highest BCUT2D eigenvalue weighted by molar-refractivity contribution is 5.99. The van der Waals surface area contributed by atoms with Crippen LogP contribution >= 0.6 is 0 Å². The van der Waals surface area contributed by atoms with Crippen molar-refractivity contribution in [3.05, 3.63) is 59.7 Å². The number of nitrogens with one attached hydrogen (secondary N) is 2. The van der Waals surface area contributed by atoms with Gasteiger partial charge in [-0.2, -0.15) is 0 Å². The molecule has 0 spiro atoms. The Labute approximate surface area is 168 Å². The number of carbonyl (C=O) groups is 1. The van der Waals surface area contributed by atoms with Gasteiger partial charge < -0.3 is 10.6 Å². The predicted octanol–water partition coefficient (Wildman–Crippen LogP) is 5.91. The Balaban J connectivity index is 1.57. The van der Waals surface area contributed by atoms with Gasteiger partial charge in [0.25, 0.3) is 0 Å². The molecule has 1 unspecified atom stereocenters. The van der Waals surface area contributed by atoms with Gasteiger partial charge in [-0.15, -0.1) is 0 Å². The lowest BCUT2D eigenvalue weighted by Crippen LogP contribution is -2.42. The van der Waals surface area contributed by atoms with Gasteiger partial charge in [0.15, 0.2) is 0 Å². The van der Waals surface area contributed by atoms with E-state index < -0.39 is 5.41 Å². The van der Waals surface area contributed by atoms with Crippen LogP contribution in [-0.4, -0.2) is 11.9 Å². The van der Waals surface area contributed by atoms with Gasteiger partial charge in [0, 0.05) is 17.4 Å². The fourth-order valence-corrected chi connectivity index (χ4v) is 4.77. The number of benzene rings is 2. The number of rotatable bonds is 3. The molecular formula is C25H32N2O. The van der Waals surface area contributed by atoms with Gasteiger partial charge in [0.2, 0.25) is 5.91 Å². The van der Waals surface area contributed by atoms with Crippen LogP contribution in [0.5, 0.6) is 0 Å². The summed E-state index contributed by atoms with van der Waals surface area (Å²) < 4.78 is 0. The van der Waals surface area contributed by atoms with Crippen molar-refractivity contribution < 1.29 is 4.79 Å². The van der Waals surface area contributed by atoms with Crippen LogP contribution in [0.3, 0.4) is 0 Å². The van der Waals surface area contributed by atoms with Gasteiger partial charge >= 0.3 is 0 Å². The summed E-state index contributed by atoms with van der Waals surface area (Å²) >= 11 is 0. The van der Waals surface area contributed by atoms with Gasteiger partial charge in [-0.25, -0.2) is 0 Å². The first-order chi connectivity index (χ1) is 13.4. The normalized spacial score (nSPS) is 20.9. The molecule has 2 aromatic rings. The van der Waals surface area contributed by atoms with Crippen LogP contribution in [0, 0.1) is 5.41 Å². The largest absolute Gasteiger partial charge is 0.381 e. The maximum absolute atomic E-state index is 13.5. The zero-order valence-electron chi connectivity index (χ0n) is 17.3. The van der Waals surface area contributed by atoms with E-state index in [1.165, 1.54) is 17.7 Å². The van der Waals surface area contributed by atoms with Gasteiger partial charge in [-0.05, 0) is 54.0 Å². The van der Waals surface area contributed by atoms with Gasteiger partial charge in [-0.3, -0.25) is 4.79 Å². The van der Waals surface area contributed by atoms with E-state index in [0.29, 0.717) is 6.04 Å². The molecule has 1 fully saturated rings. The molecule has 148 valence electrons. The fourth-order valence-electron chi connectivity index (χ4n) is 4.77. The molecule has 4 rings (SSSR count). The summed E-state index contributed by atoms with van der Waals surface area (Å²) in [6.07, 6.45) is 6.32. The monoisotopic (exact) mass is 376 g/mol. The Morgan fingerprint density at radius 1 is 1.04 bits per heavy atom. The predicted molar refractivity (Wildman–Crippen MR) is 117 cm³/mol. The highest BCUT2D eigenvalue weighted by Gasteiger charge is 2.41. The lowest BCUT2D eigenvalue weighted by atomic mass is 9.68. The molecular weight excluding hydrogens is 344 g/mol. The molecule has 1 amide bonds. The van der Waals surface area contributed by atoms with Crippen molar-refractivity contribution in [3.8, 4) is 0 Å². The second kappa shape index (κ2) is 7.27. The third-order valence-corrected chi connectivity index (χ3v) is 6.63. The molecule has 0 saturated heterocycles. The Bertz CT molecular complexity index is 845. The van der Waals surface area contributed by atoms with Crippen molar-refractivity contribution >= 4 is 17.3 Å². The Kier molecular flexibility index (Phi) is 4.95. The van der Waals surface area contributed by atoms with E-state index >= 15 is 0 Å². The highest BCUT2D eigenvalue weighted by atomic mass is 16.2. The van der Waals surface area contributed by atoms with E-state index in [9.17, 15) is 4.79 Å². The molecule has 1 aliphatic heterocycles. The number of carbonyl (C=O) groups excluding carboxylic acids is 1. The van der Waals surface area contributed by atoms with Gasteiger partial charge in [-0.1, -0.05) is 70.4 Å². The SMILES string of the molecule is CC(C)(C)C1Cc2cc(NC(=O)C3(c4ccccc4)CCCCC3)ccc2N1. The van der Waals surface area contributed by atoms with Crippen molar-refractivity contribution in [2.24, 2.45) is 5.41 Å². The number of anilines is 2. The molecule has 0 bridgehead atoms. The van der Waals surface area contributed by atoms with Crippen LogP contribution in [0.25, 0.3) is 0 Å². The molecule has 28 heavy (non-hydrogen) atoms. The maximum atomic E-state index is 13.5. The summed E-state index contributed by atoms with van der Waals surface area (Å²) in [5.41, 5.74) is 4.39. The quantitative estimate of drug-likeness (QED) is 0.699. The summed E-state index contributed by atoms with van der Waals surface area (Å²) in [4.78, 5) is 13.5. The third kappa shape index (κ3) is 3.55. The van der Waals surface area contributed by atoms with Crippen LogP contribution in [0.4, 0.5) is 11.4 Å². The molecule has 0 radical (unpaired) electrons. The average molecular weight is 377 g/mol. The molecule has 1 saturated carbocycles. The van der Waals surface area contributed by atoms with Crippen LogP contribution in [0.1, 0.15) is 64.0 Å². The molecule has 3 nitrogen and oxygen atoms in total. The molecule has 2 aliphatic rings. The molecule has 2 N–H and O–H groups in total. The molecule has 1 heterocycles. The number of fused-ring (bicyclic) bond motifs is 1. The van der Waals surface area contributed by atoms with Crippen molar-refractivity contribution in [1.82, 2.24) is 0 Å². The fraction of sp³-hybridized carbons (Fsp3) is 0.480. The highest BCUT2D eigenvalue weighted by Crippen LogP contribution is 2.41. The van der Waals surface area contributed by atoms with Crippen LogP contribution in [0.2, 0.25) is 0 Å². The Morgan fingerprint density at radius 2 is 1.75 bits per heavy atom. The van der Waals surface area contributed by atoms with Crippen molar-refractivity contribution in [2.75, 3.05) is 10.6 Å². The van der Waals surface area contributed by atoms with Gasteiger partial charge in [0.1, 0.15) is 0 Å². The number of hydrogen-bond acceptors (Lipinski definition) is 2. The van der Waals surface area contributed by atoms with E-state index in [-0.39, 0.29) is 11.3 Å². The molecule has 3 heteroatoms. The summed E-state index contributed by atoms with van der Waals surface area (Å²) in [5.74, 6) is 0.150. The minimum absolute atomic E-state index is 0.150. The lowest BCUT2D eigenvalue weighted by molar-refractivity contribution is -0.122. The van der Waals surface area contributed by atoms with Crippen LogP contribution in [0.15, 0.2) is 48.5 Å². The number of hydrogen-bond donors (Lipinski definition) is 2. The van der Waals surface area contributed by atoms with E-state index in [1.54, 1.807) is 0 Å². The van der Waals surface area contributed by atoms with E-state index in [1.807, 2.05) is 24.3 Å². The topological polar surface area (TPSA) is 41.1 Å². The molecule has 1 aliphatic carbocycles. The van der Waals surface area contributed by atoms with Crippen molar-refractivity contribution in [3.63, 3.8) is 0 Å². The Morgan fingerprint density at radius 3 is 2.43 bits per heavy atom. The van der Waals surface area contributed by atoms with Crippen molar-refractivity contribution in [2.45, 2.75) is 70.8 Å². The standard InChI is InChI=1S/C25H32N2O/c1-24(2,3)22-17-18-16-20(12-13-21(18)27-22)26-23(28)25(14-8-5-9-15-25)19-10-6-4-7-11-19/h4,6-7,10-13,16,22,27H,5,8-9,14-15,17H2,1-3H3,(H,26,28). The van der Waals surface area contributed by atoms with E-state index in [0.717, 1.165) is 43.4 Å². The maximum Gasteiger partial charge on any atom is 0.235 e. The first kappa shape index (κ1) is 19.0. The zero-order valence-corrected chi connectivity index (χ0v) is 17.3. The van der Waals surface area contributed by atoms with E-state index in [2.05, 4.69) is 55.7 Å². The first-order valence-electron chi connectivity index (χ1n) is 10.6. The minimum atomic E-state index is -0.398. The third-order valence-electron chi connectivity index (χ3n) is 6.63. The summed E-state index contributed by atoms with van der Waals surface area (Å²) in [6, 6.07) is 17.1. The lowest BCUT2D eigenvalue weighted by Gasteiger charge is -2.36. The van der Waals surface area contributed by atoms with E-state index in [4.69, 9.17) is 0 Å². The summed E-state index contributed by atoms with van der Waals surface area (Å²) in [6.45, 7) is 6.81. The second-order valence-electron chi connectivity index (χ2n) is 9.60. The summed E-state index contributed by atoms with van der Waals surface area (Å²) in [7, 11) is 0. The average Bonchev–Trinajstić information content (AvgIpc) is 3.13. The molecule has 2 aromatic carbocycles.